The predicted molar refractivity (Wildman–Crippen MR) is 150 cm³/mol. The van der Waals surface area contributed by atoms with Crippen molar-refractivity contribution in [2.45, 2.75) is 34.6 Å². The van der Waals surface area contributed by atoms with Gasteiger partial charge >= 0.3 is 0 Å². The molecule has 0 radical (unpaired) electrons. The highest BCUT2D eigenvalue weighted by Crippen LogP contribution is 2.26. The number of fused-ring (bicyclic) bond motifs is 6. The van der Waals surface area contributed by atoms with E-state index in [1.807, 2.05) is 27.7 Å². The average Bonchev–Trinajstić information content (AvgIpc) is 2.91. The van der Waals surface area contributed by atoms with Gasteiger partial charge in [0.25, 0.3) is 0 Å². The third-order valence-corrected chi connectivity index (χ3v) is 5.56. The molecule has 0 aliphatic rings. The van der Waals surface area contributed by atoms with Gasteiger partial charge in [-0.2, -0.15) is 0 Å². The van der Waals surface area contributed by atoms with Gasteiger partial charge in [0.05, 0.1) is 0 Å². The molecule has 0 spiro atoms. The molecule has 0 nitrogen and oxygen atoms in total. The quantitative estimate of drug-likeness (QED) is 0.210. The van der Waals surface area contributed by atoms with E-state index in [1.54, 1.807) is 0 Å². The van der Waals surface area contributed by atoms with Crippen LogP contribution >= 0.6 is 0 Å². The third kappa shape index (κ3) is 5.41. The minimum absolute atomic E-state index is 1.31. The fourth-order valence-electron chi connectivity index (χ4n) is 4.07. The molecule has 0 heteroatoms. The maximum atomic E-state index is 2.26. The van der Waals surface area contributed by atoms with Gasteiger partial charge in [-0.1, -0.05) is 149 Å². The van der Waals surface area contributed by atoms with Crippen molar-refractivity contribution in [2.75, 3.05) is 0 Å². The number of aryl methyl sites for hydroxylation is 1. The van der Waals surface area contributed by atoms with Gasteiger partial charge in [-0.25, -0.2) is 0 Å². The van der Waals surface area contributed by atoms with Crippen molar-refractivity contribution >= 4 is 43.1 Å². The van der Waals surface area contributed by atoms with Gasteiger partial charge < -0.3 is 0 Å². The monoisotopic (exact) mass is 430 g/mol. The number of benzene rings is 6. The standard InChI is InChI=1S/C15H12.C14H10.2C2H6/c1-11-6-7-13-9-8-12-4-2-3-5-14(12)15(13)10-11;1-3-7-13-11(5-1)9-10-12-6-2-4-8-14(12)13;2*1-2/h2-10H,1H3;1-10H;2*1-2H3. The second-order valence-corrected chi connectivity index (χ2v) is 7.52. The molecule has 33 heavy (non-hydrogen) atoms. The largest absolute Gasteiger partial charge is 0.0683 e. The number of rotatable bonds is 0. The minimum atomic E-state index is 1.31. The van der Waals surface area contributed by atoms with E-state index < -0.39 is 0 Å². The maximum absolute atomic E-state index is 2.26. The third-order valence-electron chi connectivity index (χ3n) is 5.56. The highest BCUT2D eigenvalue weighted by Gasteiger charge is 1.99. The van der Waals surface area contributed by atoms with Crippen LogP contribution in [0.25, 0.3) is 43.1 Å². The van der Waals surface area contributed by atoms with Crippen LogP contribution in [-0.2, 0) is 0 Å². The summed E-state index contributed by atoms with van der Waals surface area (Å²) in [5.74, 6) is 0. The van der Waals surface area contributed by atoms with E-state index in [2.05, 4.69) is 122 Å². The van der Waals surface area contributed by atoms with Crippen LogP contribution in [-0.4, -0.2) is 0 Å². The summed E-state index contributed by atoms with van der Waals surface area (Å²) >= 11 is 0. The van der Waals surface area contributed by atoms with Gasteiger partial charge in [-0.05, 0) is 50.0 Å². The lowest BCUT2D eigenvalue weighted by Crippen LogP contribution is -1.78. The molecule has 0 aromatic heterocycles. The lowest BCUT2D eigenvalue weighted by Gasteiger charge is -2.04. The Hall–Kier alpha value is -3.64. The summed E-state index contributed by atoms with van der Waals surface area (Å²) in [5, 5.41) is 10.6. The van der Waals surface area contributed by atoms with E-state index in [-0.39, 0.29) is 0 Å². The van der Waals surface area contributed by atoms with Crippen molar-refractivity contribution in [2.24, 2.45) is 0 Å². The molecular formula is C33H34. The molecule has 0 atom stereocenters. The fraction of sp³-hybridized carbons (Fsp3) is 0.152. The molecule has 0 amide bonds. The van der Waals surface area contributed by atoms with E-state index in [0.717, 1.165) is 0 Å². The highest BCUT2D eigenvalue weighted by molar-refractivity contribution is 6.08. The first-order chi connectivity index (χ1) is 16.3. The topological polar surface area (TPSA) is 0 Å². The Morgan fingerprint density at radius 2 is 0.636 bits per heavy atom. The smallest absolute Gasteiger partial charge is 0.0103 e. The summed E-state index contributed by atoms with van der Waals surface area (Å²) in [5.41, 5.74) is 1.32. The van der Waals surface area contributed by atoms with Crippen molar-refractivity contribution in [1.29, 1.82) is 0 Å². The molecule has 0 heterocycles. The first-order valence-corrected chi connectivity index (χ1v) is 12.0. The molecule has 0 saturated carbocycles. The normalized spacial score (nSPS) is 9.97. The van der Waals surface area contributed by atoms with E-state index >= 15 is 0 Å². The Balaban J connectivity index is 0.000000162. The summed E-state index contributed by atoms with van der Waals surface area (Å²) in [7, 11) is 0. The first-order valence-electron chi connectivity index (χ1n) is 12.0. The molecule has 0 fully saturated rings. The zero-order valence-corrected chi connectivity index (χ0v) is 20.5. The Labute approximate surface area is 198 Å². The van der Waals surface area contributed by atoms with E-state index in [0.29, 0.717) is 0 Å². The molecular weight excluding hydrogens is 396 g/mol. The van der Waals surface area contributed by atoms with E-state index in [1.165, 1.54) is 48.7 Å². The Morgan fingerprint density at radius 3 is 1.06 bits per heavy atom. The second kappa shape index (κ2) is 11.8. The Bertz CT molecular complexity index is 1400. The van der Waals surface area contributed by atoms with Crippen LogP contribution in [0.2, 0.25) is 0 Å². The van der Waals surface area contributed by atoms with Crippen LogP contribution in [0.5, 0.6) is 0 Å². The van der Waals surface area contributed by atoms with E-state index in [9.17, 15) is 0 Å². The van der Waals surface area contributed by atoms with Gasteiger partial charge in [0.1, 0.15) is 0 Å². The number of hydrogen-bond acceptors (Lipinski definition) is 0. The van der Waals surface area contributed by atoms with Crippen LogP contribution in [0.15, 0.2) is 115 Å². The summed E-state index contributed by atoms with van der Waals surface area (Å²) < 4.78 is 0. The Morgan fingerprint density at radius 1 is 0.333 bits per heavy atom. The average molecular weight is 431 g/mol. The van der Waals surface area contributed by atoms with Gasteiger partial charge in [-0.3, -0.25) is 0 Å². The lowest BCUT2D eigenvalue weighted by molar-refractivity contribution is 1.50. The minimum Gasteiger partial charge on any atom is -0.0683 e. The van der Waals surface area contributed by atoms with Gasteiger partial charge in [-0.15, -0.1) is 0 Å². The van der Waals surface area contributed by atoms with Gasteiger partial charge in [0.15, 0.2) is 0 Å². The zero-order valence-electron chi connectivity index (χ0n) is 20.5. The SMILES string of the molecule is CC.CC.Cc1ccc2ccc3ccccc3c2c1.c1ccc2c(c1)ccc1ccccc12. The van der Waals surface area contributed by atoms with Crippen molar-refractivity contribution in [3.05, 3.63) is 121 Å². The van der Waals surface area contributed by atoms with Crippen LogP contribution in [0, 0.1) is 6.92 Å². The van der Waals surface area contributed by atoms with Gasteiger partial charge in [0, 0.05) is 0 Å². The van der Waals surface area contributed by atoms with Crippen LogP contribution in [0.1, 0.15) is 33.3 Å². The molecule has 0 aliphatic heterocycles. The second-order valence-electron chi connectivity index (χ2n) is 7.52. The lowest BCUT2D eigenvalue weighted by atomic mass is 10.0. The van der Waals surface area contributed by atoms with Crippen LogP contribution < -0.4 is 0 Å². The molecule has 6 rings (SSSR count). The van der Waals surface area contributed by atoms with E-state index in [4.69, 9.17) is 0 Å². The fourth-order valence-corrected chi connectivity index (χ4v) is 4.07. The van der Waals surface area contributed by atoms with Crippen molar-refractivity contribution in [3.8, 4) is 0 Å². The van der Waals surface area contributed by atoms with Crippen molar-refractivity contribution in [1.82, 2.24) is 0 Å². The Kier molecular flexibility index (Phi) is 8.61. The highest BCUT2D eigenvalue weighted by atomic mass is 14.0. The molecule has 0 aliphatic carbocycles. The number of hydrogen-bond donors (Lipinski definition) is 0. The summed E-state index contributed by atoms with van der Waals surface area (Å²) in [6, 6.07) is 40.9. The molecule has 6 aromatic rings. The van der Waals surface area contributed by atoms with Gasteiger partial charge in [0.2, 0.25) is 0 Å². The summed E-state index contributed by atoms with van der Waals surface area (Å²) in [6.45, 7) is 10.1. The van der Waals surface area contributed by atoms with Crippen molar-refractivity contribution in [3.63, 3.8) is 0 Å². The molecule has 0 bridgehead atoms. The zero-order chi connectivity index (χ0) is 23.6. The van der Waals surface area contributed by atoms with Crippen molar-refractivity contribution < 1.29 is 0 Å². The molecule has 166 valence electrons. The molecule has 0 saturated heterocycles. The first kappa shape index (κ1) is 24.0. The van der Waals surface area contributed by atoms with Crippen LogP contribution in [0.4, 0.5) is 0 Å². The van der Waals surface area contributed by atoms with Crippen LogP contribution in [0.3, 0.4) is 0 Å². The summed E-state index contributed by atoms with van der Waals surface area (Å²) in [4.78, 5) is 0. The molecule has 0 unspecified atom stereocenters. The molecule has 6 aromatic carbocycles. The molecule has 0 N–H and O–H groups in total. The predicted octanol–water partition coefficient (Wildman–Crippen LogP) is 10.3. The summed E-state index contributed by atoms with van der Waals surface area (Å²) in [6.07, 6.45) is 0. The maximum Gasteiger partial charge on any atom is -0.0103 e.